The monoisotopic (exact) mass is 215 g/mol. The van der Waals surface area contributed by atoms with E-state index in [1.165, 1.54) is 0 Å². The normalized spacial score (nSPS) is 22.2. The molecule has 90 valence electrons. The van der Waals surface area contributed by atoms with Gasteiger partial charge in [0, 0.05) is 32.7 Å². The molecular weight excluding hydrogens is 190 g/mol. The molecule has 0 aliphatic carbocycles. The standard InChI is InChI=1S/C11H25N3O/c1-12-10-11(15)4-6-14(7-5-11)9-8-13(2)3/h12,15H,4-10H2,1-3H3. The molecule has 1 aliphatic heterocycles. The van der Waals surface area contributed by atoms with Crippen LogP contribution in [0.3, 0.4) is 0 Å². The number of piperidine rings is 1. The maximum Gasteiger partial charge on any atom is 0.0795 e. The van der Waals surface area contributed by atoms with Crippen molar-refractivity contribution in [3.8, 4) is 0 Å². The van der Waals surface area contributed by atoms with Crippen molar-refractivity contribution in [2.24, 2.45) is 0 Å². The first kappa shape index (κ1) is 12.9. The van der Waals surface area contributed by atoms with Crippen molar-refractivity contribution in [1.29, 1.82) is 0 Å². The Morgan fingerprint density at radius 3 is 2.40 bits per heavy atom. The molecule has 0 bridgehead atoms. The van der Waals surface area contributed by atoms with Gasteiger partial charge in [-0.1, -0.05) is 0 Å². The van der Waals surface area contributed by atoms with Crippen molar-refractivity contribution in [2.75, 3.05) is 53.9 Å². The minimum atomic E-state index is -0.469. The van der Waals surface area contributed by atoms with Crippen LogP contribution in [0.1, 0.15) is 12.8 Å². The summed E-state index contributed by atoms with van der Waals surface area (Å²) in [4.78, 5) is 4.64. The molecule has 0 saturated carbocycles. The maximum absolute atomic E-state index is 10.2. The molecule has 2 N–H and O–H groups in total. The van der Waals surface area contributed by atoms with E-state index in [1.54, 1.807) is 0 Å². The molecule has 1 rings (SSSR count). The minimum absolute atomic E-state index is 0.469. The van der Waals surface area contributed by atoms with Crippen LogP contribution in [0, 0.1) is 0 Å². The van der Waals surface area contributed by atoms with Crippen LogP contribution in [0.2, 0.25) is 0 Å². The highest BCUT2D eigenvalue weighted by Crippen LogP contribution is 2.20. The molecule has 1 fully saturated rings. The Morgan fingerprint density at radius 2 is 1.93 bits per heavy atom. The summed E-state index contributed by atoms with van der Waals surface area (Å²) in [5, 5.41) is 13.2. The van der Waals surface area contributed by atoms with Gasteiger partial charge in [0.15, 0.2) is 0 Å². The predicted octanol–water partition coefficient (Wildman–Crippen LogP) is -0.406. The quantitative estimate of drug-likeness (QED) is 0.654. The highest BCUT2D eigenvalue weighted by atomic mass is 16.3. The highest BCUT2D eigenvalue weighted by molar-refractivity contribution is 4.87. The van der Waals surface area contributed by atoms with Crippen molar-refractivity contribution in [3.63, 3.8) is 0 Å². The van der Waals surface area contributed by atoms with Gasteiger partial charge in [0.25, 0.3) is 0 Å². The Bertz CT molecular complexity index is 177. The van der Waals surface area contributed by atoms with Gasteiger partial charge < -0.3 is 20.2 Å². The summed E-state index contributed by atoms with van der Waals surface area (Å²) in [6.45, 7) is 4.97. The minimum Gasteiger partial charge on any atom is -0.388 e. The van der Waals surface area contributed by atoms with E-state index in [0.29, 0.717) is 6.54 Å². The fourth-order valence-corrected chi connectivity index (χ4v) is 2.04. The second-order valence-corrected chi connectivity index (χ2v) is 4.90. The Kier molecular flexibility index (Phi) is 4.99. The van der Waals surface area contributed by atoms with E-state index in [4.69, 9.17) is 0 Å². The molecule has 4 nitrogen and oxygen atoms in total. The molecule has 0 spiro atoms. The fraction of sp³-hybridized carbons (Fsp3) is 1.00. The summed E-state index contributed by atoms with van der Waals surface area (Å²) in [6, 6.07) is 0. The van der Waals surface area contributed by atoms with Crippen molar-refractivity contribution < 1.29 is 5.11 Å². The third-order valence-corrected chi connectivity index (χ3v) is 3.16. The fourth-order valence-electron chi connectivity index (χ4n) is 2.04. The van der Waals surface area contributed by atoms with Crippen molar-refractivity contribution in [1.82, 2.24) is 15.1 Å². The molecule has 4 heteroatoms. The third-order valence-electron chi connectivity index (χ3n) is 3.16. The molecule has 0 atom stereocenters. The largest absolute Gasteiger partial charge is 0.388 e. The van der Waals surface area contributed by atoms with Crippen LogP contribution in [-0.2, 0) is 0 Å². The highest BCUT2D eigenvalue weighted by Gasteiger charge is 2.31. The SMILES string of the molecule is CNCC1(O)CCN(CCN(C)C)CC1. The van der Waals surface area contributed by atoms with Crippen molar-refractivity contribution in [3.05, 3.63) is 0 Å². The number of hydrogen-bond acceptors (Lipinski definition) is 4. The maximum atomic E-state index is 10.2. The van der Waals surface area contributed by atoms with Gasteiger partial charge in [-0.25, -0.2) is 0 Å². The van der Waals surface area contributed by atoms with E-state index in [2.05, 4.69) is 29.2 Å². The Balaban J connectivity index is 2.23. The van der Waals surface area contributed by atoms with E-state index in [9.17, 15) is 5.11 Å². The molecule has 0 radical (unpaired) electrons. The smallest absolute Gasteiger partial charge is 0.0795 e. The third kappa shape index (κ3) is 4.47. The van der Waals surface area contributed by atoms with Crippen LogP contribution < -0.4 is 5.32 Å². The topological polar surface area (TPSA) is 38.7 Å². The molecule has 0 unspecified atom stereocenters. The molecule has 0 aromatic heterocycles. The second-order valence-electron chi connectivity index (χ2n) is 4.90. The Hall–Kier alpha value is -0.160. The average Bonchev–Trinajstić information content (AvgIpc) is 2.17. The van der Waals surface area contributed by atoms with Crippen LogP contribution in [0.25, 0.3) is 0 Å². The van der Waals surface area contributed by atoms with Crippen LogP contribution in [-0.4, -0.2) is 74.4 Å². The second kappa shape index (κ2) is 5.80. The van der Waals surface area contributed by atoms with Gasteiger partial charge in [-0.2, -0.15) is 0 Å². The molecular formula is C11H25N3O. The lowest BCUT2D eigenvalue weighted by Gasteiger charge is -2.38. The lowest BCUT2D eigenvalue weighted by Crippen LogP contribution is -2.50. The van der Waals surface area contributed by atoms with Crippen LogP contribution in [0.15, 0.2) is 0 Å². The lowest BCUT2D eigenvalue weighted by molar-refractivity contribution is -0.0193. The Labute approximate surface area is 93.2 Å². The predicted molar refractivity (Wildman–Crippen MR) is 63.1 cm³/mol. The summed E-state index contributed by atoms with van der Waals surface area (Å²) in [7, 11) is 6.10. The first-order chi connectivity index (χ1) is 7.06. The van der Waals surface area contributed by atoms with Gasteiger partial charge in [-0.3, -0.25) is 0 Å². The molecule has 1 aliphatic rings. The number of likely N-dealkylation sites (N-methyl/N-ethyl adjacent to an activating group) is 2. The van der Waals surface area contributed by atoms with Gasteiger partial charge >= 0.3 is 0 Å². The summed E-state index contributed by atoms with van der Waals surface area (Å²) in [6.07, 6.45) is 1.78. The van der Waals surface area contributed by atoms with Gasteiger partial charge in [0.1, 0.15) is 0 Å². The zero-order valence-corrected chi connectivity index (χ0v) is 10.3. The van der Waals surface area contributed by atoms with Crippen LogP contribution in [0.5, 0.6) is 0 Å². The zero-order chi connectivity index (χ0) is 11.3. The molecule has 0 aromatic carbocycles. The van der Waals surface area contributed by atoms with E-state index in [0.717, 1.165) is 39.0 Å². The van der Waals surface area contributed by atoms with E-state index in [1.807, 2.05) is 7.05 Å². The van der Waals surface area contributed by atoms with E-state index in [-0.39, 0.29) is 0 Å². The average molecular weight is 215 g/mol. The number of nitrogens with zero attached hydrogens (tertiary/aromatic N) is 2. The number of hydrogen-bond donors (Lipinski definition) is 2. The molecule has 15 heavy (non-hydrogen) atoms. The summed E-state index contributed by atoms with van der Waals surface area (Å²) < 4.78 is 0. The molecule has 0 amide bonds. The molecule has 0 aromatic rings. The summed E-state index contributed by atoms with van der Waals surface area (Å²) in [5.41, 5.74) is -0.469. The van der Waals surface area contributed by atoms with E-state index < -0.39 is 5.60 Å². The number of nitrogens with one attached hydrogen (secondary N) is 1. The van der Waals surface area contributed by atoms with Crippen molar-refractivity contribution in [2.45, 2.75) is 18.4 Å². The number of likely N-dealkylation sites (tertiary alicyclic amines) is 1. The van der Waals surface area contributed by atoms with Crippen molar-refractivity contribution >= 4 is 0 Å². The molecule has 1 heterocycles. The number of aliphatic hydroxyl groups is 1. The summed E-state index contributed by atoms with van der Waals surface area (Å²) in [5.74, 6) is 0. The van der Waals surface area contributed by atoms with E-state index >= 15 is 0 Å². The first-order valence-electron chi connectivity index (χ1n) is 5.80. The lowest BCUT2D eigenvalue weighted by atomic mass is 9.91. The van der Waals surface area contributed by atoms with Crippen LogP contribution >= 0.6 is 0 Å². The van der Waals surface area contributed by atoms with Crippen LogP contribution in [0.4, 0.5) is 0 Å². The number of rotatable bonds is 5. The van der Waals surface area contributed by atoms with Gasteiger partial charge in [-0.05, 0) is 34.0 Å². The summed E-state index contributed by atoms with van der Waals surface area (Å²) >= 11 is 0. The zero-order valence-electron chi connectivity index (χ0n) is 10.3. The first-order valence-corrected chi connectivity index (χ1v) is 5.80. The van der Waals surface area contributed by atoms with Gasteiger partial charge in [0.2, 0.25) is 0 Å². The van der Waals surface area contributed by atoms with Gasteiger partial charge in [0.05, 0.1) is 5.60 Å². The molecule has 1 saturated heterocycles. The van der Waals surface area contributed by atoms with Gasteiger partial charge in [-0.15, -0.1) is 0 Å². The Morgan fingerprint density at radius 1 is 1.33 bits per heavy atom.